The molecule has 0 N–H and O–H groups in total. The van der Waals surface area contributed by atoms with E-state index >= 15 is 0 Å². The molecule has 0 spiro atoms. The Kier molecular flexibility index (Phi) is 3.08. The predicted octanol–water partition coefficient (Wildman–Crippen LogP) is 3.65. The zero-order valence-corrected chi connectivity index (χ0v) is 12.0. The summed E-state index contributed by atoms with van der Waals surface area (Å²) in [5, 5.41) is 5.74. The largest absolute Gasteiger partial charge is 0.356 e. The van der Waals surface area contributed by atoms with Crippen molar-refractivity contribution in [3.05, 3.63) is 27.5 Å². The quantitative estimate of drug-likeness (QED) is 0.740. The van der Waals surface area contributed by atoms with Crippen molar-refractivity contribution in [2.45, 2.75) is 32.4 Å². The van der Waals surface area contributed by atoms with E-state index in [1.807, 2.05) is 10.9 Å². The molecule has 2 aromatic rings. The summed E-state index contributed by atoms with van der Waals surface area (Å²) in [6.07, 6.45) is 5.56. The minimum Gasteiger partial charge on any atom is -0.356 e. The summed E-state index contributed by atoms with van der Waals surface area (Å²) in [7, 11) is 0. The Labute approximate surface area is 114 Å². The van der Waals surface area contributed by atoms with E-state index in [1.54, 1.807) is 0 Å². The lowest BCUT2D eigenvalue weighted by Gasteiger charge is -2.23. The van der Waals surface area contributed by atoms with E-state index in [1.165, 1.54) is 32.9 Å². The molecule has 1 aromatic carbocycles. The molecule has 1 fully saturated rings. The molecule has 0 saturated carbocycles. The van der Waals surface area contributed by atoms with E-state index in [-0.39, 0.29) is 6.23 Å². The summed E-state index contributed by atoms with van der Waals surface area (Å²) < 4.78 is 9.11. The lowest BCUT2D eigenvalue weighted by molar-refractivity contribution is -0.0366. The fourth-order valence-electron chi connectivity index (χ4n) is 2.42. The molecule has 4 heteroatoms. The SMILES string of the molecule is Cc1cc(I)cc2c1cnn2C1CCCCO1. The molecule has 0 aliphatic carbocycles. The fourth-order valence-corrected chi connectivity index (χ4v) is 3.18. The molecular formula is C13H15IN2O. The number of benzene rings is 1. The molecule has 1 aliphatic rings. The number of fused-ring (bicyclic) bond motifs is 1. The summed E-state index contributed by atoms with van der Waals surface area (Å²) in [6.45, 7) is 2.99. The summed E-state index contributed by atoms with van der Waals surface area (Å²) in [5.74, 6) is 0. The molecular weight excluding hydrogens is 327 g/mol. The van der Waals surface area contributed by atoms with Crippen molar-refractivity contribution in [2.24, 2.45) is 0 Å². The number of rotatable bonds is 1. The Hall–Kier alpha value is -0.620. The fraction of sp³-hybridized carbons (Fsp3) is 0.462. The third-order valence-corrected chi connectivity index (χ3v) is 3.94. The predicted molar refractivity (Wildman–Crippen MR) is 76.0 cm³/mol. The molecule has 2 heterocycles. The van der Waals surface area contributed by atoms with Crippen molar-refractivity contribution in [1.82, 2.24) is 9.78 Å². The van der Waals surface area contributed by atoms with E-state index in [4.69, 9.17) is 4.74 Å². The molecule has 1 aromatic heterocycles. The summed E-state index contributed by atoms with van der Waals surface area (Å²) in [6, 6.07) is 4.38. The first-order valence-corrected chi connectivity index (χ1v) is 7.08. The van der Waals surface area contributed by atoms with Gasteiger partial charge in [0.15, 0.2) is 6.23 Å². The van der Waals surface area contributed by atoms with Gasteiger partial charge in [0.05, 0.1) is 11.7 Å². The highest BCUT2D eigenvalue weighted by molar-refractivity contribution is 14.1. The molecule has 0 amide bonds. The third kappa shape index (κ3) is 2.08. The van der Waals surface area contributed by atoms with Gasteiger partial charge < -0.3 is 4.74 Å². The van der Waals surface area contributed by atoms with Gasteiger partial charge in [0, 0.05) is 15.6 Å². The highest BCUT2D eigenvalue weighted by Gasteiger charge is 2.18. The Bertz CT molecular complexity index is 544. The van der Waals surface area contributed by atoms with Crippen LogP contribution in [-0.2, 0) is 4.74 Å². The van der Waals surface area contributed by atoms with Crippen LogP contribution in [0.5, 0.6) is 0 Å². The van der Waals surface area contributed by atoms with Crippen LogP contribution in [0.25, 0.3) is 10.9 Å². The van der Waals surface area contributed by atoms with E-state index in [0.29, 0.717) is 0 Å². The van der Waals surface area contributed by atoms with Crippen LogP contribution in [-0.4, -0.2) is 16.4 Å². The summed E-state index contributed by atoms with van der Waals surface area (Å²) >= 11 is 2.36. The first kappa shape index (κ1) is 11.5. The molecule has 3 nitrogen and oxygen atoms in total. The van der Waals surface area contributed by atoms with E-state index in [2.05, 4.69) is 46.7 Å². The minimum atomic E-state index is 0.124. The Balaban J connectivity index is 2.10. The molecule has 1 unspecified atom stereocenters. The number of ether oxygens (including phenoxy) is 1. The number of hydrogen-bond acceptors (Lipinski definition) is 2. The van der Waals surface area contributed by atoms with E-state index < -0.39 is 0 Å². The first-order valence-electron chi connectivity index (χ1n) is 6.00. The van der Waals surface area contributed by atoms with Crippen molar-refractivity contribution in [3.63, 3.8) is 0 Å². The number of aryl methyl sites for hydroxylation is 1. The van der Waals surface area contributed by atoms with Crippen LogP contribution < -0.4 is 0 Å². The molecule has 0 radical (unpaired) electrons. The van der Waals surface area contributed by atoms with Crippen molar-refractivity contribution >= 4 is 33.5 Å². The zero-order valence-electron chi connectivity index (χ0n) is 9.82. The lowest BCUT2D eigenvalue weighted by Crippen LogP contribution is -2.18. The van der Waals surface area contributed by atoms with Crippen molar-refractivity contribution < 1.29 is 4.74 Å². The van der Waals surface area contributed by atoms with Crippen LogP contribution in [0.2, 0.25) is 0 Å². The molecule has 17 heavy (non-hydrogen) atoms. The van der Waals surface area contributed by atoms with E-state index in [9.17, 15) is 0 Å². The molecule has 1 saturated heterocycles. The smallest absolute Gasteiger partial charge is 0.150 e. The maximum atomic E-state index is 5.81. The van der Waals surface area contributed by atoms with Crippen molar-refractivity contribution in [1.29, 1.82) is 0 Å². The van der Waals surface area contributed by atoms with Gasteiger partial charge >= 0.3 is 0 Å². The molecule has 90 valence electrons. The van der Waals surface area contributed by atoms with E-state index in [0.717, 1.165) is 13.0 Å². The average Bonchev–Trinajstić information content (AvgIpc) is 2.74. The number of aromatic nitrogens is 2. The van der Waals surface area contributed by atoms with Crippen LogP contribution in [0, 0.1) is 10.5 Å². The van der Waals surface area contributed by atoms with Gasteiger partial charge in [0.2, 0.25) is 0 Å². The maximum Gasteiger partial charge on any atom is 0.150 e. The van der Waals surface area contributed by atoms with Gasteiger partial charge in [0.25, 0.3) is 0 Å². The van der Waals surface area contributed by atoms with Crippen LogP contribution in [0.15, 0.2) is 18.3 Å². The average molecular weight is 342 g/mol. The minimum absolute atomic E-state index is 0.124. The monoisotopic (exact) mass is 342 g/mol. The molecule has 3 rings (SSSR count). The Morgan fingerprint density at radius 2 is 2.29 bits per heavy atom. The van der Waals surface area contributed by atoms with Gasteiger partial charge in [-0.2, -0.15) is 5.10 Å². The van der Waals surface area contributed by atoms with Crippen molar-refractivity contribution in [3.8, 4) is 0 Å². The van der Waals surface area contributed by atoms with Gasteiger partial charge in [-0.3, -0.25) is 0 Å². The van der Waals surface area contributed by atoms with Gasteiger partial charge in [-0.25, -0.2) is 4.68 Å². The van der Waals surface area contributed by atoms with Gasteiger partial charge in [-0.15, -0.1) is 0 Å². The number of hydrogen-bond donors (Lipinski definition) is 0. The maximum absolute atomic E-state index is 5.81. The van der Waals surface area contributed by atoms with Crippen LogP contribution >= 0.6 is 22.6 Å². The Morgan fingerprint density at radius 1 is 1.41 bits per heavy atom. The standard InChI is InChI=1S/C13H15IN2O/c1-9-6-10(14)7-12-11(9)8-15-16(12)13-4-2-3-5-17-13/h6-8,13H,2-5H2,1H3. The van der Waals surface area contributed by atoms with Gasteiger partial charge in [-0.1, -0.05) is 0 Å². The van der Waals surface area contributed by atoms with Crippen LogP contribution in [0.1, 0.15) is 31.1 Å². The topological polar surface area (TPSA) is 27.1 Å². The zero-order chi connectivity index (χ0) is 11.8. The molecule has 1 aliphatic heterocycles. The highest BCUT2D eigenvalue weighted by Crippen LogP contribution is 2.28. The second-order valence-corrected chi connectivity index (χ2v) is 5.81. The lowest BCUT2D eigenvalue weighted by atomic mass is 10.1. The van der Waals surface area contributed by atoms with Crippen LogP contribution in [0.3, 0.4) is 0 Å². The molecule has 0 bridgehead atoms. The van der Waals surface area contributed by atoms with Gasteiger partial charge in [0.1, 0.15) is 0 Å². The Morgan fingerprint density at radius 3 is 3.06 bits per heavy atom. The molecule has 1 atom stereocenters. The number of halogens is 1. The normalized spacial score (nSPS) is 20.9. The summed E-state index contributed by atoms with van der Waals surface area (Å²) in [5.41, 5.74) is 2.48. The van der Waals surface area contributed by atoms with Crippen LogP contribution in [0.4, 0.5) is 0 Å². The first-order chi connectivity index (χ1) is 8.25. The van der Waals surface area contributed by atoms with Crippen molar-refractivity contribution in [2.75, 3.05) is 6.61 Å². The third-order valence-electron chi connectivity index (χ3n) is 3.32. The number of nitrogens with zero attached hydrogens (tertiary/aromatic N) is 2. The second kappa shape index (κ2) is 4.57. The van der Waals surface area contributed by atoms with Gasteiger partial charge in [-0.05, 0) is 66.5 Å². The highest BCUT2D eigenvalue weighted by atomic mass is 127. The second-order valence-electron chi connectivity index (χ2n) is 4.57. The summed E-state index contributed by atoms with van der Waals surface area (Å²) in [4.78, 5) is 0.